The number of fused-ring (bicyclic) bond motifs is 1. The molecule has 138 valence electrons. The largest absolute Gasteiger partial charge is 0.481 e. The van der Waals surface area contributed by atoms with Gasteiger partial charge in [-0.3, -0.25) is 9.89 Å². The van der Waals surface area contributed by atoms with E-state index in [1.807, 2.05) is 6.07 Å². The van der Waals surface area contributed by atoms with Crippen LogP contribution in [0.25, 0.3) is 0 Å². The minimum absolute atomic E-state index is 0.161. The van der Waals surface area contributed by atoms with Gasteiger partial charge in [-0.1, -0.05) is 6.07 Å². The van der Waals surface area contributed by atoms with Crippen molar-refractivity contribution in [1.82, 2.24) is 20.5 Å². The maximum atomic E-state index is 12.9. The molecule has 0 saturated heterocycles. The third-order valence-electron chi connectivity index (χ3n) is 5.51. The van der Waals surface area contributed by atoms with Gasteiger partial charge < -0.3 is 15.2 Å². The topological polar surface area (TPSA) is 100 Å². The fraction of sp³-hybridized carbons (Fsp3) is 0.526. The molecular formula is C19H24N4O3. The molecule has 1 fully saturated rings. The Morgan fingerprint density at radius 2 is 2.15 bits per heavy atom. The molecule has 2 aliphatic rings. The normalized spacial score (nSPS) is 22.8. The van der Waals surface area contributed by atoms with Crippen LogP contribution in [0.4, 0.5) is 0 Å². The molecule has 2 aromatic rings. The Morgan fingerprint density at radius 3 is 2.85 bits per heavy atom. The molecule has 1 atom stereocenters. The number of aliphatic hydroxyl groups is 1. The van der Waals surface area contributed by atoms with Gasteiger partial charge in [0.1, 0.15) is 0 Å². The zero-order chi connectivity index (χ0) is 18.1. The number of amides is 1. The van der Waals surface area contributed by atoms with Crippen LogP contribution in [0, 0.1) is 5.92 Å². The number of hydrogen-bond acceptors (Lipinski definition) is 5. The Kier molecular flexibility index (Phi) is 4.63. The molecule has 2 aliphatic carbocycles. The molecular weight excluding hydrogens is 332 g/mol. The molecule has 2 aromatic heterocycles. The van der Waals surface area contributed by atoms with Gasteiger partial charge >= 0.3 is 0 Å². The van der Waals surface area contributed by atoms with Crippen molar-refractivity contribution in [3.05, 3.63) is 40.8 Å². The highest BCUT2D eigenvalue weighted by Crippen LogP contribution is 2.38. The Morgan fingerprint density at radius 1 is 1.35 bits per heavy atom. The number of H-pyrrole nitrogens is 1. The van der Waals surface area contributed by atoms with Crippen molar-refractivity contribution in [3.8, 4) is 5.88 Å². The molecule has 4 rings (SSSR count). The van der Waals surface area contributed by atoms with Gasteiger partial charge in [0.05, 0.1) is 19.3 Å². The molecule has 0 spiro atoms. The number of carbonyl (C=O) groups is 1. The van der Waals surface area contributed by atoms with E-state index in [1.165, 1.54) is 0 Å². The summed E-state index contributed by atoms with van der Waals surface area (Å²) >= 11 is 0. The fourth-order valence-electron chi connectivity index (χ4n) is 3.95. The summed E-state index contributed by atoms with van der Waals surface area (Å²) in [5.74, 6) is 0.569. The number of aryl methyl sites for hydroxylation is 1. The lowest BCUT2D eigenvalue weighted by Crippen LogP contribution is -2.41. The van der Waals surface area contributed by atoms with Gasteiger partial charge in [-0.2, -0.15) is 5.10 Å². The lowest BCUT2D eigenvalue weighted by atomic mass is 9.75. The highest BCUT2D eigenvalue weighted by molar-refractivity contribution is 5.94. The van der Waals surface area contributed by atoms with Crippen LogP contribution in [0.3, 0.4) is 0 Å². The summed E-state index contributed by atoms with van der Waals surface area (Å²) < 4.78 is 5.12. The average Bonchev–Trinajstić information content (AvgIpc) is 3.08. The summed E-state index contributed by atoms with van der Waals surface area (Å²) in [4.78, 5) is 17.2. The second kappa shape index (κ2) is 7.07. The standard InChI is InChI=1S/C19H24N4O3/c1-26-16-7-6-11(10-20-16)17(12-8-13(24)9-12)21-19(25)18-14-4-2-3-5-15(14)22-23-18/h6-7,10,12-13,17,24H,2-5,8-9H2,1H3,(H,21,25)(H,22,23)/t12?,13?,17-/m0/s1. The summed E-state index contributed by atoms with van der Waals surface area (Å²) in [6.07, 6.45) is 6.87. The zero-order valence-electron chi connectivity index (χ0n) is 14.9. The molecule has 7 heteroatoms. The van der Waals surface area contributed by atoms with E-state index >= 15 is 0 Å². The molecule has 2 heterocycles. The van der Waals surface area contributed by atoms with Gasteiger partial charge in [0, 0.05) is 23.5 Å². The first-order valence-electron chi connectivity index (χ1n) is 9.20. The number of nitrogens with zero attached hydrogens (tertiary/aromatic N) is 2. The van der Waals surface area contributed by atoms with Crippen LogP contribution in [-0.4, -0.2) is 39.4 Å². The van der Waals surface area contributed by atoms with Crippen LogP contribution >= 0.6 is 0 Å². The Bertz CT molecular complexity index is 781. The summed E-state index contributed by atoms with van der Waals surface area (Å²) in [6.45, 7) is 0. The van der Waals surface area contributed by atoms with Crippen LogP contribution in [0.2, 0.25) is 0 Å². The second-order valence-corrected chi connectivity index (χ2v) is 7.21. The summed E-state index contributed by atoms with van der Waals surface area (Å²) in [5.41, 5.74) is 3.56. The summed E-state index contributed by atoms with van der Waals surface area (Å²) in [5, 5.41) is 20.1. The number of rotatable bonds is 5. The van der Waals surface area contributed by atoms with Gasteiger partial charge in [0.25, 0.3) is 5.91 Å². The van der Waals surface area contributed by atoms with Gasteiger partial charge in [-0.05, 0) is 50.0 Å². The lowest BCUT2D eigenvalue weighted by molar-refractivity contribution is 0.0234. The van der Waals surface area contributed by atoms with Crippen molar-refractivity contribution in [2.24, 2.45) is 5.92 Å². The SMILES string of the molecule is COc1ccc([C@H](NC(=O)c2n[nH]c3c2CCCC3)C2CC(O)C2)cn1. The van der Waals surface area contributed by atoms with Crippen LogP contribution in [-0.2, 0) is 12.8 Å². The predicted molar refractivity (Wildman–Crippen MR) is 95.0 cm³/mol. The van der Waals surface area contributed by atoms with Crippen molar-refractivity contribution in [2.75, 3.05) is 7.11 Å². The van der Waals surface area contributed by atoms with Crippen LogP contribution in [0.5, 0.6) is 5.88 Å². The van der Waals surface area contributed by atoms with Crippen molar-refractivity contribution in [1.29, 1.82) is 0 Å². The number of aliphatic hydroxyl groups excluding tert-OH is 1. The molecule has 0 aromatic carbocycles. The third-order valence-corrected chi connectivity index (χ3v) is 5.51. The van der Waals surface area contributed by atoms with Crippen LogP contribution < -0.4 is 10.1 Å². The van der Waals surface area contributed by atoms with E-state index in [0.29, 0.717) is 24.4 Å². The van der Waals surface area contributed by atoms with E-state index in [0.717, 1.165) is 42.5 Å². The van der Waals surface area contributed by atoms with E-state index in [1.54, 1.807) is 19.4 Å². The van der Waals surface area contributed by atoms with Crippen molar-refractivity contribution >= 4 is 5.91 Å². The highest BCUT2D eigenvalue weighted by atomic mass is 16.5. The molecule has 7 nitrogen and oxygen atoms in total. The van der Waals surface area contributed by atoms with E-state index in [9.17, 15) is 9.90 Å². The Labute approximate surface area is 152 Å². The number of aromatic amines is 1. The summed E-state index contributed by atoms with van der Waals surface area (Å²) in [7, 11) is 1.57. The van der Waals surface area contributed by atoms with Gasteiger partial charge in [-0.25, -0.2) is 4.98 Å². The molecule has 1 saturated carbocycles. The van der Waals surface area contributed by atoms with Gasteiger partial charge in [0.2, 0.25) is 5.88 Å². The molecule has 0 aliphatic heterocycles. The molecule has 0 bridgehead atoms. The molecule has 0 unspecified atom stereocenters. The number of ether oxygens (including phenoxy) is 1. The molecule has 3 N–H and O–H groups in total. The minimum Gasteiger partial charge on any atom is -0.481 e. The highest BCUT2D eigenvalue weighted by Gasteiger charge is 2.36. The maximum absolute atomic E-state index is 12.9. The van der Waals surface area contributed by atoms with Crippen LogP contribution in [0.15, 0.2) is 18.3 Å². The monoisotopic (exact) mass is 356 g/mol. The average molecular weight is 356 g/mol. The number of methoxy groups -OCH3 is 1. The van der Waals surface area contributed by atoms with Crippen molar-refractivity contribution in [2.45, 2.75) is 50.7 Å². The van der Waals surface area contributed by atoms with Gasteiger partial charge in [0.15, 0.2) is 5.69 Å². The van der Waals surface area contributed by atoms with Gasteiger partial charge in [-0.15, -0.1) is 0 Å². The maximum Gasteiger partial charge on any atom is 0.272 e. The smallest absolute Gasteiger partial charge is 0.272 e. The molecule has 26 heavy (non-hydrogen) atoms. The fourth-order valence-corrected chi connectivity index (χ4v) is 3.95. The number of pyridine rings is 1. The zero-order valence-corrected chi connectivity index (χ0v) is 14.9. The number of hydrogen-bond donors (Lipinski definition) is 3. The number of aromatic nitrogens is 3. The van der Waals surface area contributed by atoms with E-state index < -0.39 is 0 Å². The first-order valence-corrected chi connectivity index (χ1v) is 9.20. The van der Waals surface area contributed by atoms with Crippen LogP contribution in [0.1, 0.15) is 59.0 Å². The second-order valence-electron chi connectivity index (χ2n) is 7.21. The minimum atomic E-state index is -0.288. The predicted octanol–water partition coefficient (Wildman–Crippen LogP) is 1.93. The number of carbonyl (C=O) groups excluding carboxylic acids is 1. The van der Waals surface area contributed by atoms with E-state index in [-0.39, 0.29) is 24.0 Å². The Hall–Kier alpha value is -2.41. The number of nitrogens with one attached hydrogen (secondary N) is 2. The Balaban J connectivity index is 1.56. The van der Waals surface area contributed by atoms with Crippen molar-refractivity contribution < 1.29 is 14.6 Å². The first kappa shape index (κ1) is 17.0. The van der Waals surface area contributed by atoms with E-state index in [4.69, 9.17) is 4.74 Å². The molecule has 0 radical (unpaired) electrons. The van der Waals surface area contributed by atoms with E-state index in [2.05, 4.69) is 20.5 Å². The molecule has 1 amide bonds. The van der Waals surface area contributed by atoms with Crippen molar-refractivity contribution in [3.63, 3.8) is 0 Å². The summed E-state index contributed by atoms with van der Waals surface area (Å²) in [6, 6.07) is 3.52. The lowest BCUT2D eigenvalue weighted by Gasteiger charge is -2.38. The quantitative estimate of drug-likeness (QED) is 0.760. The first-order chi connectivity index (χ1) is 12.7. The third kappa shape index (κ3) is 3.19.